The summed E-state index contributed by atoms with van der Waals surface area (Å²) in [7, 11) is 0. The Hall–Kier alpha value is -0.890. The summed E-state index contributed by atoms with van der Waals surface area (Å²) in [5, 5.41) is 9.92. The Morgan fingerprint density at radius 2 is 2.13 bits per heavy atom. The number of aromatic nitrogens is 1. The Bertz CT molecular complexity index is 280. The number of aliphatic hydroxyl groups excluding tert-OH is 1. The third kappa shape index (κ3) is 3.31. The van der Waals surface area contributed by atoms with Crippen molar-refractivity contribution in [3.63, 3.8) is 0 Å². The van der Waals surface area contributed by atoms with E-state index in [0.29, 0.717) is 6.42 Å². The van der Waals surface area contributed by atoms with Crippen molar-refractivity contribution in [2.75, 3.05) is 0 Å². The summed E-state index contributed by atoms with van der Waals surface area (Å²) in [5.74, 6) is 0.753. The maximum atomic E-state index is 9.92. The summed E-state index contributed by atoms with van der Waals surface area (Å²) >= 11 is 0. The van der Waals surface area contributed by atoms with Gasteiger partial charge in [0.25, 0.3) is 0 Å². The molecule has 0 spiro atoms. The molecule has 0 aliphatic heterocycles. The molecule has 1 saturated carbocycles. The lowest BCUT2D eigenvalue weighted by Gasteiger charge is -2.14. The van der Waals surface area contributed by atoms with Gasteiger partial charge in [-0.05, 0) is 24.5 Å². The lowest BCUT2D eigenvalue weighted by molar-refractivity contribution is 0.142. The lowest BCUT2D eigenvalue weighted by Crippen LogP contribution is -2.15. The molecule has 82 valence electrons. The molecule has 1 heterocycles. The summed E-state index contributed by atoms with van der Waals surface area (Å²) in [5.41, 5.74) is 1.00. The first-order chi connectivity index (χ1) is 7.34. The molecule has 1 aliphatic carbocycles. The highest BCUT2D eigenvalue weighted by Gasteiger charge is 2.18. The molecule has 0 amide bonds. The van der Waals surface area contributed by atoms with Crippen molar-refractivity contribution in [2.24, 2.45) is 5.92 Å². The van der Waals surface area contributed by atoms with Crippen molar-refractivity contribution >= 4 is 0 Å². The quantitative estimate of drug-likeness (QED) is 0.819. The Kier molecular flexibility index (Phi) is 3.73. The molecule has 1 fully saturated rings. The van der Waals surface area contributed by atoms with Crippen LogP contribution in [0.25, 0.3) is 0 Å². The molecule has 2 heteroatoms. The Labute approximate surface area is 91.4 Å². The molecule has 2 rings (SSSR count). The van der Waals surface area contributed by atoms with Gasteiger partial charge in [0.05, 0.1) is 6.10 Å². The van der Waals surface area contributed by atoms with Gasteiger partial charge in [0, 0.05) is 18.3 Å². The van der Waals surface area contributed by atoms with Crippen LogP contribution in [0.5, 0.6) is 0 Å². The topological polar surface area (TPSA) is 33.1 Å². The van der Waals surface area contributed by atoms with Crippen molar-refractivity contribution in [3.05, 3.63) is 30.1 Å². The van der Waals surface area contributed by atoms with Crippen LogP contribution in [0.1, 0.15) is 37.8 Å². The number of pyridine rings is 1. The van der Waals surface area contributed by atoms with Crippen LogP contribution in [0, 0.1) is 5.92 Å². The molecule has 1 aliphatic rings. The Morgan fingerprint density at radius 1 is 1.33 bits per heavy atom. The van der Waals surface area contributed by atoms with Crippen molar-refractivity contribution in [2.45, 2.75) is 44.6 Å². The monoisotopic (exact) mass is 205 g/mol. The predicted octanol–water partition coefficient (Wildman–Crippen LogP) is 2.57. The van der Waals surface area contributed by atoms with Crippen LogP contribution in [-0.2, 0) is 6.42 Å². The van der Waals surface area contributed by atoms with Gasteiger partial charge in [0.1, 0.15) is 0 Å². The molecular weight excluding hydrogens is 186 g/mol. The maximum Gasteiger partial charge on any atom is 0.0598 e. The van der Waals surface area contributed by atoms with Crippen LogP contribution >= 0.6 is 0 Å². The first-order valence-corrected chi connectivity index (χ1v) is 5.92. The fraction of sp³-hybridized carbons (Fsp3) is 0.615. The molecule has 1 N–H and O–H groups in total. The van der Waals surface area contributed by atoms with Gasteiger partial charge in [0.15, 0.2) is 0 Å². The zero-order chi connectivity index (χ0) is 10.5. The van der Waals surface area contributed by atoms with E-state index in [2.05, 4.69) is 4.98 Å². The smallest absolute Gasteiger partial charge is 0.0598 e. The molecule has 15 heavy (non-hydrogen) atoms. The molecule has 0 aromatic carbocycles. The van der Waals surface area contributed by atoms with E-state index in [1.54, 1.807) is 6.20 Å². The van der Waals surface area contributed by atoms with Crippen molar-refractivity contribution in [1.29, 1.82) is 0 Å². The third-order valence-electron chi connectivity index (χ3n) is 3.25. The largest absolute Gasteiger partial charge is 0.393 e. The van der Waals surface area contributed by atoms with Gasteiger partial charge in [0.2, 0.25) is 0 Å². The van der Waals surface area contributed by atoms with Gasteiger partial charge >= 0.3 is 0 Å². The summed E-state index contributed by atoms with van der Waals surface area (Å²) in [4.78, 5) is 4.23. The first-order valence-electron chi connectivity index (χ1n) is 5.92. The lowest BCUT2D eigenvalue weighted by atomic mass is 9.97. The average Bonchev–Trinajstić information content (AvgIpc) is 2.71. The second-order valence-corrected chi connectivity index (χ2v) is 4.57. The maximum absolute atomic E-state index is 9.92. The highest BCUT2D eigenvalue weighted by molar-refractivity contribution is 5.04. The minimum atomic E-state index is -0.206. The van der Waals surface area contributed by atoms with E-state index in [1.165, 1.54) is 25.7 Å². The van der Waals surface area contributed by atoms with Gasteiger partial charge in [-0.2, -0.15) is 0 Å². The number of nitrogens with zero attached hydrogens (tertiary/aromatic N) is 1. The molecule has 0 radical (unpaired) electrons. The molecule has 2 nitrogen and oxygen atoms in total. The van der Waals surface area contributed by atoms with E-state index in [4.69, 9.17) is 0 Å². The highest BCUT2D eigenvalue weighted by Crippen LogP contribution is 2.29. The average molecular weight is 205 g/mol. The Balaban J connectivity index is 1.79. The van der Waals surface area contributed by atoms with Crippen molar-refractivity contribution in [1.82, 2.24) is 4.98 Å². The minimum Gasteiger partial charge on any atom is -0.393 e. The van der Waals surface area contributed by atoms with Crippen LogP contribution in [0.2, 0.25) is 0 Å². The number of rotatable bonds is 4. The molecule has 1 unspecified atom stereocenters. The van der Waals surface area contributed by atoms with Crippen molar-refractivity contribution in [3.8, 4) is 0 Å². The van der Waals surface area contributed by atoms with Gasteiger partial charge in [-0.3, -0.25) is 4.98 Å². The zero-order valence-corrected chi connectivity index (χ0v) is 9.10. The number of hydrogen-bond acceptors (Lipinski definition) is 2. The standard InChI is InChI=1S/C13H19NO/c15-13(9-11-5-1-2-6-11)10-12-7-3-4-8-14-12/h3-4,7-8,11,13,15H,1-2,5-6,9-10H2. The van der Waals surface area contributed by atoms with Gasteiger partial charge in [-0.25, -0.2) is 0 Å². The molecule has 0 saturated heterocycles. The summed E-state index contributed by atoms with van der Waals surface area (Å²) in [6, 6.07) is 5.87. The second kappa shape index (κ2) is 5.26. The Morgan fingerprint density at radius 3 is 2.80 bits per heavy atom. The van der Waals surface area contributed by atoms with E-state index >= 15 is 0 Å². The van der Waals surface area contributed by atoms with Crippen LogP contribution in [0.3, 0.4) is 0 Å². The molecule has 1 aromatic heterocycles. The van der Waals surface area contributed by atoms with Crippen molar-refractivity contribution < 1.29 is 5.11 Å². The molecule has 0 bridgehead atoms. The second-order valence-electron chi connectivity index (χ2n) is 4.57. The van der Waals surface area contributed by atoms with Gasteiger partial charge < -0.3 is 5.11 Å². The van der Waals surface area contributed by atoms with E-state index in [-0.39, 0.29) is 6.10 Å². The molecular formula is C13H19NO. The van der Waals surface area contributed by atoms with Gasteiger partial charge in [-0.15, -0.1) is 0 Å². The zero-order valence-electron chi connectivity index (χ0n) is 9.10. The van der Waals surface area contributed by atoms with Crippen LogP contribution < -0.4 is 0 Å². The van der Waals surface area contributed by atoms with Crippen LogP contribution in [-0.4, -0.2) is 16.2 Å². The molecule has 1 atom stereocenters. The fourth-order valence-electron chi connectivity index (χ4n) is 2.47. The van der Waals surface area contributed by atoms with E-state index in [9.17, 15) is 5.11 Å². The van der Waals surface area contributed by atoms with Crippen LogP contribution in [0.4, 0.5) is 0 Å². The molecule has 1 aromatic rings. The SMILES string of the molecule is OC(Cc1ccccn1)CC1CCCC1. The number of hydrogen-bond donors (Lipinski definition) is 1. The summed E-state index contributed by atoms with van der Waals surface area (Å²) in [6.45, 7) is 0. The van der Waals surface area contributed by atoms with Crippen LogP contribution in [0.15, 0.2) is 24.4 Å². The highest BCUT2D eigenvalue weighted by atomic mass is 16.3. The fourth-order valence-corrected chi connectivity index (χ4v) is 2.47. The minimum absolute atomic E-state index is 0.206. The summed E-state index contributed by atoms with van der Waals surface area (Å²) < 4.78 is 0. The first kappa shape index (κ1) is 10.6. The van der Waals surface area contributed by atoms with E-state index in [1.807, 2.05) is 18.2 Å². The summed E-state index contributed by atoms with van der Waals surface area (Å²) in [6.07, 6.45) is 8.55. The van der Waals surface area contributed by atoms with E-state index < -0.39 is 0 Å². The third-order valence-corrected chi connectivity index (χ3v) is 3.25. The predicted molar refractivity (Wildman–Crippen MR) is 60.5 cm³/mol. The number of aliphatic hydroxyl groups is 1. The normalized spacial score (nSPS) is 19.3. The van der Waals surface area contributed by atoms with E-state index in [0.717, 1.165) is 18.0 Å². The van der Waals surface area contributed by atoms with Gasteiger partial charge in [-0.1, -0.05) is 31.7 Å².